The van der Waals surface area contributed by atoms with E-state index in [1.807, 2.05) is 0 Å². The normalized spacial score (nSPS) is 25.1. The fourth-order valence-corrected chi connectivity index (χ4v) is 2.74. The van der Waals surface area contributed by atoms with Crippen LogP contribution >= 0.6 is 0 Å². The number of hydrogen-bond donors (Lipinski definition) is 3. The lowest BCUT2D eigenvalue weighted by Crippen LogP contribution is -2.50. The molecular formula is C12H21N3O3. The number of nitrogens with one attached hydrogen (secondary N) is 2. The Balaban J connectivity index is 1.84. The van der Waals surface area contributed by atoms with E-state index in [4.69, 9.17) is 5.11 Å². The summed E-state index contributed by atoms with van der Waals surface area (Å²) in [5.74, 6) is -0.832. The van der Waals surface area contributed by atoms with Crippen LogP contribution in [0, 0.1) is 0 Å². The number of likely N-dealkylation sites (tertiary alicyclic amines) is 1. The van der Waals surface area contributed by atoms with Crippen molar-refractivity contribution in [3.63, 3.8) is 0 Å². The Kier molecular flexibility index (Phi) is 4.41. The van der Waals surface area contributed by atoms with Crippen molar-refractivity contribution in [2.75, 3.05) is 19.6 Å². The highest BCUT2D eigenvalue weighted by Gasteiger charge is 2.31. The number of carbonyl (C=O) groups excluding carboxylic acids is 1. The Morgan fingerprint density at radius 2 is 2.00 bits per heavy atom. The Hall–Kier alpha value is -1.30. The SMILES string of the molecule is O=C(O)CC1CCCN1C(=O)NC1CCNCC1. The Labute approximate surface area is 107 Å². The first-order valence-corrected chi connectivity index (χ1v) is 6.66. The van der Waals surface area contributed by atoms with Gasteiger partial charge in [-0.05, 0) is 38.8 Å². The maximum absolute atomic E-state index is 12.1. The van der Waals surface area contributed by atoms with Crippen molar-refractivity contribution in [2.24, 2.45) is 0 Å². The van der Waals surface area contributed by atoms with Crippen LogP contribution in [0.3, 0.4) is 0 Å². The molecule has 0 radical (unpaired) electrons. The van der Waals surface area contributed by atoms with Crippen LogP contribution in [0.2, 0.25) is 0 Å². The van der Waals surface area contributed by atoms with Gasteiger partial charge in [-0.1, -0.05) is 0 Å². The van der Waals surface area contributed by atoms with Gasteiger partial charge in [0.15, 0.2) is 0 Å². The molecule has 2 aliphatic heterocycles. The van der Waals surface area contributed by atoms with E-state index in [2.05, 4.69) is 10.6 Å². The molecule has 0 bridgehead atoms. The molecule has 0 aromatic rings. The maximum atomic E-state index is 12.1. The van der Waals surface area contributed by atoms with Crippen LogP contribution in [0.5, 0.6) is 0 Å². The van der Waals surface area contributed by atoms with Crippen LogP contribution < -0.4 is 10.6 Å². The number of carboxylic acids is 1. The molecule has 18 heavy (non-hydrogen) atoms. The van der Waals surface area contributed by atoms with Gasteiger partial charge in [0.1, 0.15) is 0 Å². The van der Waals surface area contributed by atoms with Crippen LogP contribution in [0.25, 0.3) is 0 Å². The van der Waals surface area contributed by atoms with Crippen LogP contribution in [0.4, 0.5) is 4.79 Å². The first-order valence-electron chi connectivity index (χ1n) is 6.66. The Morgan fingerprint density at radius 3 is 2.67 bits per heavy atom. The average molecular weight is 255 g/mol. The molecule has 0 aromatic carbocycles. The molecule has 6 nitrogen and oxygen atoms in total. The predicted octanol–water partition coefficient (Wildman–Crippen LogP) is 0.387. The number of rotatable bonds is 3. The van der Waals surface area contributed by atoms with Gasteiger partial charge >= 0.3 is 12.0 Å². The molecule has 2 fully saturated rings. The topological polar surface area (TPSA) is 81.7 Å². The second-order valence-electron chi connectivity index (χ2n) is 5.06. The molecule has 0 aromatic heterocycles. The predicted molar refractivity (Wildman–Crippen MR) is 66.4 cm³/mol. The zero-order valence-electron chi connectivity index (χ0n) is 10.5. The summed E-state index contributed by atoms with van der Waals surface area (Å²) >= 11 is 0. The highest BCUT2D eigenvalue weighted by Crippen LogP contribution is 2.20. The van der Waals surface area contributed by atoms with Gasteiger partial charge < -0.3 is 20.6 Å². The van der Waals surface area contributed by atoms with E-state index in [-0.39, 0.29) is 24.5 Å². The van der Waals surface area contributed by atoms with Gasteiger partial charge in [-0.25, -0.2) is 4.79 Å². The van der Waals surface area contributed by atoms with Gasteiger partial charge in [0.25, 0.3) is 0 Å². The van der Waals surface area contributed by atoms with Gasteiger partial charge in [-0.2, -0.15) is 0 Å². The minimum Gasteiger partial charge on any atom is -0.481 e. The Morgan fingerprint density at radius 1 is 1.28 bits per heavy atom. The summed E-state index contributed by atoms with van der Waals surface area (Å²) in [5.41, 5.74) is 0. The molecule has 3 N–H and O–H groups in total. The quantitative estimate of drug-likeness (QED) is 0.681. The van der Waals surface area contributed by atoms with E-state index >= 15 is 0 Å². The molecule has 2 rings (SSSR count). The van der Waals surface area contributed by atoms with Gasteiger partial charge in [0.05, 0.1) is 6.42 Å². The second kappa shape index (κ2) is 6.04. The van der Waals surface area contributed by atoms with Gasteiger partial charge in [0, 0.05) is 18.6 Å². The molecule has 2 aliphatic rings. The van der Waals surface area contributed by atoms with Gasteiger partial charge in [-0.3, -0.25) is 4.79 Å². The Bertz CT molecular complexity index is 316. The van der Waals surface area contributed by atoms with E-state index in [1.54, 1.807) is 4.90 Å². The summed E-state index contributed by atoms with van der Waals surface area (Å²) in [4.78, 5) is 24.5. The largest absolute Gasteiger partial charge is 0.481 e. The van der Waals surface area contributed by atoms with E-state index in [0.29, 0.717) is 6.54 Å². The molecule has 102 valence electrons. The van der Waals surface area contributed by atoms with Crippen molar-refractivity contribution >= 4 is 12.0 Å². The molecule has 1 atom stereocenters. The zero-order valence-corrected chi connectivity index (χ0v) is 10.5. The van der Waals surface area contributed by atoms with Gasteiger partial charge in [-0.15, -0.1) is 0 Å². The average Bonchev–Trinajstić information content (AvgIpc) is 2.77. The van der Waals surface area contributed by atoms with E-state index in [1.165, 1.54) is 0 Å². The molecular weight excluding hydrogens is 234 g/mol. The number of carboxylic acid groups (broad SMARTS) is 1. The summed E-state index contributed by atoms with van der Waals surface area (Å²) in [5, 5.41) is 15.1. The summed E-state index contributed by atoms with van der Waals surface area (Å²) < 4.78 is 0. The highest BCUT2D eigenvalue weighted by atomic mass is 16.4. The van der Waals surface area contributed by atoms with Gasteiger partial charge in [0.2, 0.25) is 0 Å². The lowest BCUT2D eigenvalue weighted by Gasteiger charge is -2.29. The van der Waals surface area contributed by atoms with E-state index in [9.17, 15) is 9.59 Å². The van der Waals surface area contributed by atoms with Crippen molar-refractivity contribution in [1.82, 2.24) is 15.5 Å². The number of hydrogen-bond acceptors (Lipinski definition) is 3. The molecule has 2 amide bonds. The molecule has 6 heteroatoms. The maximum Gasteiger partial charge on any atom is 0.317 e. The summed E-state index contributed by atoms with van der Waals surface area (Å²) in [6.45, 7) is 2.54. The first kappa shape index (κ1) is 13.1. The summed E-state index contributed by atoms with van der Waals surface area (Å²) in [7, 11) is 0. The fraction of sp³-hybridized carbons (Fsp3) is 0.833. The highest BCUT2D eigenvalue weighted by molar-refractivity contribution is 5.76. The van der Waals surface area contributed by atoms with Crippen molar-refractivity contribution in [2.45, 2.75) is 44.2 Å². The number of piperidine rings is 1. The minimum atomic E-state index is -0.832. The van der Waals surface area contributed by atoms with Crippen LogP contribution in [-0.4, -0.2) is 53.7 Å². The standard InChI is InChI=1S/C12H21N3O3/c16-11(17)8-10-2-1-7-15(10)12(18)14-9-3-5-13-6-4-9/h9-10,13H,1-8H2,(H,14,18)(H,16,17). The number of nitrogens with zero attached hydrogens (tertiary/aromatic N) is 1. The number of carbonyl (C=O) groups is 2. The van der Waals surface area contributed by atoms with Crippen LogP contribution in [0.1, 0.15) is 32.1 Å². The van der Waals surface area contributed by atoms with E-state index < -0.39 is 5.97 Å². The molecule has 2 heterocycles. The number of urea groups is 1. The number of aliphatic carboxylic acids is 1. The molecule has 1 unspecified atom stereocenters. The minimum absolute atomic E-state index is 0.0552. The molecule has 0 aliphatic carbocycles. The van der Waals surface area contributed by atoms with Crippen molar-refractivity contribution in [3.05, 3.63) is 0 Å². The molecule has 0 spiro atoms. The monoisotopic (exact) mass is 255 g/mol. The third kappa shape index (κ3) is 3.35. The summed E-state index contributed by atoms with van der Waals surface area (Å²) in [6.07, 6.45) is 3.65. The zero-order chi connectivity index (χ0) is 13.0. The lowest BCUT2D eigenvalue weighted by atomic mass is 10.1. The molecule has 0 saturated carbocycles. The van der Waals surface area contributed by atoms with Crippen molar-refractivity contribution < 1.29 is 14.7 Å². The van der Waals surface area contributed by atoms with Crippen LogP contribution in [0.15, 0.2) is 0 Å². The fourth-order valence-electron chi connectivity index (χ4n) is 2.74. The third-order valence-corrected chi connectivity index (χ3v) is 3.71. The van der Waals surface area contributed by atoms with Crippen molar-refractivity contribution in [1.29, 1.82) is 0 Å². The lowest BCUT2D eigenvalue weighted by molar-refractivity contribution is -0.137. The summed E-state index contributed by atoms with van der Waals surface area (Å²) in [6, 6.07) is -0.000284. The smallest absolute Gasteiger partial charge is 0.317 e. The number of amides is 2. The second-order valence-corrected chi connectivity index (χ2v) is 5.06. The molecule has 2 saturated heterocycles. The van der Waals surface area contributed by atoms with Crippen molar-refractivity contribution in [3.8, 4) is 0 Å². The van der Waals surface area contributed by atoms with E-state index in [0.717, 1.165) is 38.8 Å². The first-order chi connectivity index (χ1) is 8.66. The third-order valence-electron chi connectivity index (χ3n) is 3.71. The van der Waals surface area contributed by atoms with Crippen LogP contribution in [-0.2, 0) is 4.79 Å².